The SMILES string of the molecule is CSC1O[C@H]([C@H](NC(=O)[C@H]2NC[C@@H]3C=C(c4ccc(C)cc4)CCO[C@@H]23)[C@H](C)Cl)C(O)[C@@H](O)[C@H]1O.CSF. The Labute approximate surface area is 237 Å². The van der Waals surface area contributed by atoms with Crippen LogP contribution in [0, 0.1) is 12.8 Å². The summed E-state index contributed by atoms with van der Waals surface area (Å²) in [4.78, 5) is 13.4. The monoisotopic (exact) mass is 592 g/mol. The van der Waals surface area contributed by atoms with Gasteiger partial charge in [-0.25, -0.2) is 0 Å². The Bertz CT molecular complexity index is 941. The molecule has 0 spiro atoms. The highest BCUT2D eigenvalue weighted by Crippen LogP contribution is 2.32. The molecule has 1 aromatic carbocycles. The van der Waals surface area contributed by atoms with Crippen LogP contribution in [0.4, 0.5) is 3.89 Å². The number of hydrogen-bond donors (Lipinski definition) is 5. The molecule has 2 fully saturated rings. The molecule has 5 N–H and O–H groups in total. The normalized spacial score (nSPS) is 34.6. The van der Waals surface area contributed by atoms with Crippen molar-refractivity contribution in [3.8, 4) is 0 Å². The van der Waals surface area contributed by atoms with Crippen molar-refractivity contribution in [3.05, 3.63) is 41.5 Å². The highest BCUT2D eigenvalue weighted by molar-refractivity contribution is 7.99. The molecule has 0 bridgehead atoms. The minimum Gasteiger partial charge on any atom is -0.388 e. The third-order valence-corrected chi connectivity index (χ3v) is 8.25. The highest BCUT2D eigenvalue weighted by atomic mass is 35.5. The van der Waals surface area contributed by atoms with E-state index in [1.165, 1.54) is 29.2 Å². The minimum atomic E-state index is -1.41. The number of ether oxygens (including phenoxy) is 2. The number of carbonyl (C=O) groups excluding carboxylic acids is 1. The lowest BCUT2D eigenvalue weighted by molar-refractivity contribution is -0.205. The molecule has 214 valence electrons. The van der Waals surface area contributed by atoms with Crippen LogP contribution < -0.4 is 10.6 Å². The fraction of sp³-hybridized carbons (Fsp3) is 0.654. The van der Waals surface area contributed by atoms with Gasteiger partial charge in [0.25, 0.3) is 0 Å². The molecular weight excluding hydrogens is 555 g/mol. The molecule has 8 nitrogen and oxygen atoms in total. The molecule has 0 aliphatic carbocycles. The molecular formula is C26H38ClFN2O6S2. The molecule has 2 saturated heterocycles. The molecule has 1 amide bonds. The van der Waals surface area contributed by atoms with Crippen molar-refractivity contribution in [2.45, 2.75) is 73.7 Å². The Morgan fingerprint density at radius 2 is 1.84 bits per heavy atom. The van der Waals surface area contributed by atoms with Gasteiger partial charge in [-0.2, -0.15) is 3.89 Å². The van der Waals surface area contributed by atoms with Crippen LogP contribution in [0.3, 0.4) is 0 Å². The smallest absolute Gasteiger partial charge is 0.240 e. The van der Waals surface area contributed by atoms with E-state index in [0.29, 0.717) is 13.2 Å². The third-order valence-electron chi connectivity index (χ3n) is 7.12. The number of alkyl halides is 1. The summed E-state index contributed by atoms with van der Waals surface area (Å²) in [6.45, 7) is 4.86. The van der Waals surface area contributed by atoms with Crippen LogP contribution in [0.1, 0.15) is 24.5 Å². The van der Waals surface area contributed by atoms with E-state index in [0.717, 1.165) is 12.0 Å². The van der Waals surface area contributed by atoms with Gasteiger partial charge in [0, 0.05) is 30.9 Å². The Kier molecular flexibility index (Phi) is 12.2. The summed E-state index contributed by atoms with van der Waals surface area (Å²) >= 11 is 7.88. The van der Waals surface area contributed by atoms with Crippen molar-refractivity contribution in [1.82, 2.24) is 10.6 Å². The average Bonchev–Trinajstić information content (AvgIpc) is 3.17. The van der Waals surface area contributed by atoms with Crippen LogP contribution in [-0.2, 0) is 14.3 Å². The van der Waals surface area contributed by atoms with Gasteiger partial charge in [0.05, 0.1) is 24.1 Å². The number of halogens is 2. The van der Waals surface area contributed by atoms with E-state index in [1.54, 1.807) is 13.2 Å². The number of thioether (sulfide) groups is 1. The molecule has 3 aliphatic heterocycles. The van der Waals surface area contributed by atoms with E-state index in [1.807, 2.05) is 0 Å². The number of nitrogens with one attached hydrogen (secondary N) is 2. The van der Waals surface area contributed by atoms with Gasteiger partial charge in [0.15, 0.2) is 0 Å². The second-order valence-corrected chi connectivity index (χ2v) is 11.7. The van der Waals surface area contributed by atoms with Crippen molar-refractivity contribution in [1.29, 1.82) is 0 Å². The molecule has 10 atom stereocenters. The fourth-order valence-corrected chi connectivity index (χ4v) is 5.98. The van der Waals surface area contributed by atoms with Crippen LogP contribution in [0.5, 0.6) is 0 Å². The van der Waals surface area contributed by atoms with Gasteiger partial charge < -0.3 is 35.4 Å². The van der Waals surface area contributed by atoms with Gasteiger partial charge in [-0.15, -0.1) is 23.4 Å². The maximum absolute atomic E-state index is 13.4. The molecule has 0 saturated carbocycles. The van der Waals surface area contributed by atoms with Gasteiger partial charge in [0.1, 0.15) is 35.9 Å². The Morgan fingerprint density at radius 1 is 1.18 bits per heavy atom. The van der Waals surface area contributed by atoms with E-state index in [2.05, 4.69) is 47.9 Å². The summed E-state index contributed by atoms with van der Waals surface area (Å²) < 4.78 is 22.2. The van der Waals surface area contributed by atoms with E-state index >= 15 is 0 Å². The lowest BCUT2D eigenvalue weighted by atomic mass is 9.92. The molecule has 4 rings (SSSR count). The van der Waals surface area contributed by atoms with Crippen LogP contribution in [0.2, 0.25) is 0 Å². The summed E-state index contributed by atoms with van der Waals surface area (Å²) in [7, 11) is 0. The summed E-state index contributed by atoms with van der Waals surface area (Å²) in [6.07, 6.45) is 0.698. The van der Waals surface area contributed by atoms with E-state index in [9.17, 15) is 24.0 Å². The lowest BCUT2D eigenvalue weighted by Crippen LogP contribution is -2.65. The number of aliphatic hydroxyl groups is 3. The zero-order valence-corrected chi connectivity index (χ0v) is 24.3. The van der Waals surface area contributed by atoms with Crippen LogP contribution >= 0.6 is 35.5 Å². The van der Waals surface area contributed by atoms with Crippen molar-refractivity contribution in [2.24, 2.45) is 5.92 Å². The Balaban J connectivity index is 0.00000127. The summed E-state index contributed by atoms with van der Waals surface area (Å²) in [5, 5.41) is 36.7. The molecule has 3 heterocycles. The number of fused-ring (bicyclic) bond motifs is 1. The second-order valence-electron chi connectivity index (χ2n) is 9.74. The first-order chi connectivity index (χ1) is 18.1. The molecule has 12 heteroatoms. The maximum atomic E-state index is 13.4. The van der Waals surface area contributed by atoms with Gasteiger partial charge in [-0.3, -0.25) is 4.79 Å². The van der Waals surface area contributed by atoms with Crippen molar-refractivity contribution < 1.29 is 33.5 Å². The molecule has 3 aliphatic rings. The van der Waals surface area contributed by atoms with Crippen molar-refractivity contribution >= 4 is 47.0 Å². The van der Waals surface area contributed by atoms with Crippen LogP contribution in [0.15, 0.2) is 30.3 Å². The summed E-state index contributed by atoms with van der Waals surface area (Å²) in [5.41, 5.74) is 2.83. The predicted molar refractivity (Wildman–Crippen MR) is 151 cm³/mol. The number of benzene rings is 1. The lowest BCUT2D eigenvalue weighted by Gasteiger charge is -2.44. The molecule has 0 aromatic heterocycles. The molecule has 0 radical (unpaired) electrons. The topological polar surface area (TPSA) is 120 Å². The minimum absolute atomic E-state index is 0.0331. The zero-order valence-electron chi connectivity index (χ0n) is 21.9. The van der Waals surface area contributed by atoms with Crippen LogP contribution in [-0.4, -0.2) is 100 Å². The number of aliphatic hydroxyl groups excluding tert-OH is 3. The zero-order chi connectivity index (χ0) is 28.0. The predicted octanol–water partition coefficient (Wildman–Crippen LogP) is 2.27. The fourth-order valence-electron chi connectivity index (χ4n) is 5.09. The van der Waals surface area contributed by atoms with Gasteiger partial charge in [-0.1, -0.05) is 35.9 Å². The molecule has 38 heavy (non-hydrogen) atoms. The Hall–Kier alpha value is -0.890. The van der Waals surface area contributed by atoms with Crippen molar-refractivity contribution in [3.63, 3.8) is 0 Å². The first kappa shape index (κ1) is 31.6. The summed E-state index contributed by atoms with van der Waals surface area (Å²) in [5.74, 6) is -0.273. The second kappa shape index (κ2) is 14.7. The summed E-state index contributed by atoms with van der Waals surface area (Å²) in [6, 6.07) is 7.03. The standard InChI is InChI=1S/C25H35ClN2O6S.CH3FS/c1-12-4-6-14(7-5-12)15-8-9-33-22-16(10-15)11-27-18(22)24(32)28-17(13(2)26)23-20(30)19(29)21(31)25(34-23)35-3;1-3-2/h4-7,10,13,16-23,25,27,29-31H,8-9,11H2,1-3H3,(H,28,32);1H3/t13-,16-,17+,18-,19+,20?,21+,22+,23+,25?;/m0./s1. The third kappa shape index (κ3) is 7.44. The van der Waals surface area contributed by atoms with E-state index in [4.69, 9.17) is 21.1 Å². The van der Waals surface area contributed by atoms with Gasteiger partial charge in [0.2, 0.25) is 5.91 Å². The van der Waals surface area contributed by atoms with Crippen molar-refractivity contribution in [2.75, 3.05) is 25.7 Å². The first-order valence-corrected chi connectivity index (χ1v) is 15.4. The highest BCUT2D eigenvalue weighted by Gasteiger charge is 2.49. The number of rotatable bonds is 6. The maximum Gasteiger partial charge on any atom is 0.240 e. The van der Waals surface area contributed by atoms with Gasteiger partial charge in [-0.05, 0) is 37.7 Å². The molecule has 1 aromatic rings. The van der Waals surface area contributed by atoms with E-state index < -0.39 is 47.3 Å². The number of hydrogen-bond acceptors (Lipinski definition) is 9. The Morgan fingerprint density at radius 3 is 2.45 bits per heavy atom. The largest absolute Gasteiger partial charge is 0.388 e. The quantitative estimate of drug-likeness (QED) is 0.317. The number of aryl methyl sites for hydroxylation is 1. The first-order valence-electron chi connectivity index (χ1n) is 12.6. The number of amides is 1. The average molecular weight is 593 g/mol. The van der Waals surface area contributed by atoms with Gasteiger partial charge >= 0.3 is 0 Å². The van der Waals surface area contributed by atoms with Crippen LogP contribution in [0.25, 0.3) is 5.57 Å². The molecule has 2 unspecified atom stereocenters. The number of carbonyl (C=O) groups is 1. The van der Waals surface area contributed by atoms with E-state index in [-0.39, 0.29) is 30.1 Å².